The van der Waals surface area contributed by atoms with Crippen molar-refractivity contribution in [2.24, 2.45) is 10.1 Å². The number of ether oxygens (including phenoxy) is 1. The third-order valence-corrected chi connectivity index (χ3v) is 0.649. The van der Waals surface area contributed by atoms with Crippen molar-refractivity contribution in [3.63, 3.8) is 0 Å². The molecule has 0 amide bonds. The standard InChI is InChI=1S/C4H6N2O2/c7-6-4-3-5-1-2-8-4/h3,7H,1-2H2/b6-4+/i1D2,6+1. The van der Waals surface area contributed by atoms with E-state index in [9.17, 15) is 0 Å². The second kappa shape index (κ2) is 2.30. The van der Waals surface area contributed by atoms with Crippen LogP contribution in [0.3, 0.4) is 0 Å². The van der Waals surface area contributed by atoms with Gasteiger partial charge in [-0.2, -0.15) is 0 Å². The number of oxime groups is 1. The fourth-order valence-corrected chi connectivity index (χ4v) is 0.336. The van der Waals surface area contributed by atoms with Crippen molar-refractivity contribution >= 4 is 12.1 Å². The summed E-state index contributed by atoms with van der Waals surface area (Å²) in [7, 11) is 0. The average Bonchev–Trinajstić information content (AvgIpc) is 1.88. The highest BCUT2D eigenvalue weighted by Gasteiger charge is 1.99. The van der Waals surface area contributed by atoms with Crippen LogP contribution in [0.1, 0.15) is 2.74 Å². The minimum atomic E-state index is -1.69. The van der Waals surface area contributed by atoms with Crippen LogP contribution in [0.5, 0.6) is 0 Å². The summed E-state index contributed by atoms with van der Waals surface area (Å²) < 4.78 is 18.6. The van der Waals surface area contributed by atoms with Gasteiger partial charge in [-0.1, -0.05) is 0 Å². The highest BCUT2D eigenvalue weighted by molar-refractivity contribution is 6.26. The topological polar surface area (TPSA) is 54.2 Å². The van der Waals surface area contributed by atoms with E-state index < -0.39 is 6.50 Å². The zero-order valence-corrected chi connectivity index (χ0v) is 4.03. The van der Waals surface area contributed by atoms with Crippen LogP contribution in [0, 0.1) is 0 Å². The predicted molar refractivity (Wildman–Crippen MR) is 28.5 cm³/mol. The molecule has 0 unspecified atom stereocenters. The van der Waals surface area contributed by atoms with Crippen LogP contribution in [0.25, 0.3) is 0 Å². The predicted octanol–water partition coefficient (Wildman–Crippen LogP) is -0.125. The molecule has 0 aromatic heterocycles. The number of hydrogen-bond acceptors (Lipinski definition) is 4. The molecule has 1 rings (SSSR count). The Morgan fingerprint density at radius 3 is 3.50 bits per heavy atom. The summed E-state index contributed by atoms with van der Waals surface area (Å²) in [4.78, 5) is 3.41. The van der Waals surface area contributed by atoms with Gasteiger partial charge in [-0.15, -0.1) is 0 Å². The van der Waals surface area contributed by atoms with E-state index >= 15 is 0 Å². The van der Waals surface area contributed by atoms with Gasteiger partial charge in [0.2, 0.25) is 0 Å². The Morgan fingerprint density at radius 1 is 2.12 bits per heavy atom. The Balaban J connectivity index is 2.70. The van der Waals surface area contributed by atoms with E-state index in [0.717, 1.165) is 6.21 Å². The summed E-state index contributed by atoms with van der Waals surface area (Å²) in [6.07, 6.45) is 1.05. The number of aliphatic imine (C=N–C) groups is 1. The van der Waals surface area contributed by atoms with E-state index in [1.807, 2.05) is 0 Å². The van der Waals surface area contributed by atoms with Crippen LogP contribution in [0.15, 0.2) is 10.1 Å². The molecule has 0 saturated carbocycles. The molecule has 1 aliphatic rings. The van der Waals surface area contributed by atoms with Crippen molar-refractivity contribution < 1.29 is 12.7 Å². The Hall–Kier alpha value is -1.06. The first-order valence-electron chi connectivity index (χ1n) is 3.04. The summed E-state index contributed by atoms with van der Waals surface area (Å²) >= 11 is 0. The normalized spacial score (nSPS) is 33.2. The smallest absolute Gasteiger partial charge is 0.268 e. The molecule has 0 aliphatic carbocycles. The van der Waals surface area contributed by atoms with Gasteiger partial charge in [0, 0.05) is 0 Å². The van der Waals surface area contributed by atoms with Gasteiger partial charge < -0.3 is 9.94 Å². The number of hydrogen-bond donors (Lipinski definition) is 1. The second-order valence-electron chi connectivity index (χ2n) is 1.14. The van der Waals surface area contributed by atoms with Crippen LogP contribution in [0.4, 0.5) is 0 Å². The molecule has 0 aromatic rings. The summed E-state index contributed by atoms with van der Waals surface area (Å²) in [5.41, 5.74) is 0. The molecule has 1 aliphatic heterocycles. The SMILES string of the molecule is [2H]C1([2H])CO/C(=[15N]/O)C=N1. The van der Waals surface area contributed by atoms with Gasteiger partial charge in [0.15, 0.2) is 0 Å². The molecule has 1 heterocycles. The molecule has 0 fully saturated rings. The quantitative estimate of drug-likeness (QED) is 0.273. The molecular weight excluding hydrogens is 109 g/mol. The Morgan fingerprint density at radius 2 is 3.00 bits per heavy atom. The maximum Gasteiger partial charge on any atom is 0.268 e. The first kappa shape index (κ1) is 3.06. The van der Waals surface area contributed by atoms with E-state index in [1.54, 1.807) is 0 Å². The summed E-state index contributed by atoms with van der Waals surface area (Å²) in [6, 6.07) is 0. The van der Waals surface area contributed by atoms with Crippen molar-refractivity contribution in [1.82, 2.24) is 0 Å². The lowest BCUT2D eigenvalue weighted by Crippen LogP contribution is -2.14. The summed E-state index contributed by atoms with van der Waals surface area (Å²) in [5.74, 6) is -0.0601. The average molecular weight is 117 g/mol. The number of rotatable bonds is 0. The van der Waals surface area contributed by atoms with E-state index in [4.69, 9.17) is 7.95 Å². The van der Waals surface area contributed by atoms with Crippen molar-refractivity contribution in [2.45, 2.75) is 0 Å². The highest BCUT2D eigenvalue weighted by atomic mass is 16.7. The van der Waals surface area contributed by atoms with Crippen molar-refractivity contribution in [1.29, 1.82) is 0 Å². The van der Waals surface area contributed by atoms with Gasteiger partial charge in [0.05, 0.1) is 15.5 Å². The van der Waals surface area contributed by atoms with Gasteiger partial charge in [-0.25, -0.2) is 0 Å². The van der Waals surface area contributed by atoms with Crippen LogP contribution < -0.4 is 0 Å². The minimum Gasteiger partial charge on any atom is -0.473 e. The molecule has 0 radical (unpaired) electrons. The largest absolute Gasteiger partial charge is 0.473 e. The van der Waals surface area contributed by atoms with Gasteiger partial charge >= 0.3 is 0 Å². The minimum absolute atomic E-state index is 0.0601. The molecule has 0 saturated heterocycles. The fourth-order valence-electron chi connectivity index (χ4n) is 0.336. The lowest BCUT2D eigenvalue weighted by atomic mass is 10.6. The zero-order chi connectivity index (χ0) is 7.61. The lowest BCUT2D eigenvalue weighted by Gasteiger charge is -2.04. The monoisotopic (exact) mass is 117 g/mol. The first-order chi connectivity index (χ1) is 4.64. The van der Waals surface area contributed by atoms with Crippen LogP contribution in [-0.2, 0) is 4.74 Å². The van der Waals surface area contributed by atoms with Crippen LogP contribution in [-0.4, -0.2) is 30.4 Å². The molecule has 4 heteroatoms. The Kier molecular flexibility index (Phi) is 0.881. The second-order valence-corrected chi connectivity index (χ2v) is 1.14. The third-order valence-electron chi connectivity index (χ3n) is 0.649. The fraction of sp³-hybridized carbons (Fsp3) is 0.500. The van der Waals surface area contributed by atoms with Crippen LogP contribution >= 0.6 is 0 Å². The zero-order valence-electron chi connectivity index (χ0n) is 6.03. The van der Waals surface area contributed by atoms with Gasteiger partial charge in [-0.05, 0) is 5.16 Å². The molecular formula is C4H6N2O2. The molecule has 0 aromatic carbocycles. The lowest BCUT2D eigenvalue weighted by molar-refractivity contribution is 0.262. The molecule has 4 nitrogen and oxygen atoms in total. The molecule has 0 spiro atoms. The van der Waals surface area contributed by atoms with E-state index in [2.05, 4.69) is 14.9 Å². The molecule has 0 atom stereocenters. The van der Waals surface area contributed by atoms with E-state index in [-0.39, 0.29) is 12.5 Å². The first-order valence-corrected chi connectivity index (χ1v) is 2.04. The Bertz CT molecular complexity index is 190. The van der Waals surface area contributed by atoms with Gasteiger partial charge in [-0.3, -0.25) is 4.99 Å². The Labute approximate surface area is 49.3 Å². The maximum absolute atomic E-state index is 8.11. The van der Waals surface area contributed by atoms with Crippen molar-refractivity contribution in [2.75, 3.05) is 13.1 Å². The highest BCUT2D eigenvalue weighted by Crippen LogP contribution is 1.85. The molecule has 44 valence electrons. The van der Waals surface area contributed by atoms with Crippen molar-refractivity contribution in [3.8, 4) is 0 Å². The van der Waals surface area contributed by atoms with Crippen LogP contribution in [0.2, 0.25) is 0 Å². The summed E-state index contributed by atoms with van der Waals surface area (Å²) in [6.45, 7) is -1.89. The molecule has 8 heavy (non-hydrogen) atoms. The van der Waals surface area contributed by atoms with Gasteiger partial charge in [0.25, 0.3) is 5.90 Å². The molecule has 1 N–H and O–H groups in total. The third kappa shape index (κ3) is 0.959. The summed E-state index contributed by atoms with van der Waals surface area (Å²) in [5, 5.41) is 10.8. The number of nitrogens with zero attached hydrogens (tertiary/aromatic N) is 2. The van der Waals surface area contributed by atoms with E-state index in [0.29, 0.717) is 0 Å². The van der Waals surface area contributed by atoms with E-state index in [1.165, 1.54) is 0 Å². The van der Waals surface area contributed by atoms with Gasteiger partial charge in [0.1, 0.15) is 6.61 Å². The molecule has 0 bridgehead atoms. The maximum atomic E-state index is 8.11. The van der Waals surface area contributed by atoms with Crippen molar-refractivity contribution in [3.05, 3.63) is 0 Å².